The number of hydrogen-bond donors (Lipinski definition) is 5. The van der Waals surface area contributed by atoms with E-state index in [1.54, 1.807) is 24.4 Å². The molecule has 12 nitrogen and oxygen atoms in total. The third kappa shape index (κ3) is 10.8. The quantitative estimate of drug-likeness (QED) is 0.0486. The molecule has 0 unspecified atom stereocenters. The van der Waals surface area contributed by atoms with Crippen LogP contribution in [0.25, 0.3) is 22.3 Å². The van der Waals surface area contributed by atoms with Gasteiger partial charge in [0, 0.05) is 30.6 Å². The summed E-state index contributed by atoms with van der Waals surface area (Å²) >= 11 is 6.78. The van der Waals surface area contributed by atoms with Crippen LogP contribution in [0.1, 0.15) is 53.6 Å². The van der Waals surface area contributed by atoms with Gasteiger partial charge < -0.3 is 34.6 Å². The van der Waals surface area contributed by atoms with Crippen LogP contribution in [-0.4, -0.2) is 69.3 Å². The number of aliphatic hydroxyl groups excluding tert-OH is 2. The van der Waals surface area contributed by atoms with Crippen LogP contribution in [-0.2, 0) is 29.2 Å². The van der Waals surface area contributed by atoms with Crippen molar-refractivity contribution >= 4 is 23.5 Å². The number of carboxylic acids is 2. The van der Waals surface area contributed by atoms with E-state index in [0.717, 1.165) is 38.9 Å². The van der Waals surface area contributed by atoms with E-state index in [2.05, 4.69) is 41.5 Å². The van der Waals surface area contributed by atoms with Crippen LogP contribution >= 0.6 is 11.6 Å². The van der Waals surface area contributed by atoms with Crippen molar-refractivity contribution in [3.8, 4) is 45.6 Å². The maximum absolute atomic E-state index is 11.9. The van der Waals surface area contributed by atoms with E-state index in [1.807, 2.05) is 49.4 Å². The zero-order valence-electron chi connectivity index (χ0n) is 33.4. The van der Waals surface area contributed by atoms with Crippen LogP contribution in [0.4, 0.5) is 0 Å². The van der Waals surface area contributed by atoms with Crippen LogP contribution in [0.3, 0.4) is 0 Å². The van der Waals surface area contributed by atoms with Crippen molar-refractivity contribution in [1.29, 1.82) is 5.26 Å². The topological polar surface area (TPSA) is 191 Å². The first kappa shape index (κ1) is 44.1. The molecule has 2 atom stereocenters. The van der Waals surface area contributed by atoms with Gasteiger partial charge in [0.1, 0.15) is 48.7 Å². The summed E-state index contributed by atoms with van der Waals surface area (Å²) in [5, 5.41) is 50.8. The number of benzene rings is 4. The number of carbonyl (C=O) groups is 2. The number of carboxylic acid groups (broad SMARTS) is 2. The molecule has 5 rings (SSSR count). The Bertz CT molecular complexity index is 2330. The van der Waals surface area contributed by atoms with Crippen LogP contribution in [0.15, 0.2) is 91.3 Å². The van der Waals surface area contributed by atoms with Gasteiger partial charge in [0.2, 0.25) is 0 Å². The number of nitrogens with zero attached hydrogens (tertiary/aromatic N) is 2. The molecule has 0 bridgehead atoms. The number of aliphatic carboxylic acids is 2. The highest BCUT2D eigenvalue weighted by atomic mass is 35.5. The second kappa shape index (κ2) is 19.7. The minimum Gasteiger partial charge on any atom is -0.492 e. The fourth-order valence-corrected chi connectivity index (χ4v) is 6.66. The van der Waals surface area contributed by atoms with Gasteiger partial charge in [0.05, 0.1) is 29.2 Å². The van der Waals surface area contributed by atoms with E-state index in [4.69, 9.17) is 25.8 Å². The molecule has 0 radical (unpaired) electrons. The van der Waals surface area contributed by atoms with Gasteiger partial charge in [-0.3, -0.25) is 19.9 Å². The van der Waals surface area contributed by atoms with Gasteiger partial charge in [0.25, 0.3) is 0 Å². The van der Waals surface area contributed by atoms with E-state index in [1.165, 1.54) is 20.0 Å². The van der Waals surface area contributed by atoms with Gasteiger partial charge in [-0.25, -0.2) is 0 Å². The van der Waals surface area contributed by atoms with Crippen molar-refractivity contribution in [1.82, 2.24) is 10.3 Å². The summed E-state index contributed by atoms with van der Waals surface area (Å²) in [5.74, 6) is -0.821. The number of pyridine rings is 1. The molecule has 0 fully saturated rings. The Morgan fingerprint density at radius 1 is 0.797 bits per heavy atom. The van der Waals surface area contributed by atoms with Crippen molar-refractivity contribution in [2.24, 2.45) is 5.41 Å². The fourth-order valence-electron chi connectivity index (χ4n) is 6.42. The number of halogens is 1. The molecular formula is C46H48ClN3O9. The summed E-state index contributed by atoms with van der Waals surface area (Å²) in [6, 6.07) is 27.0. The summed E-state index contributed by atoms with van der Waals surface area (Å²) in [7, 11) is 0. The molecule has 0 saturated heterocycles. The molecule has 0 amide bonds. The second-order valence-corrected chi connectivity index (χ2v) is 15.3. The highest BCUT2D eigenvalue weighted by Gasteiger charge is 2.33. The molecule has 59 heavy (non-hydrogen) atoms. The first-order valence-electron chi connectivity index (χ1n) is 19.0. The average molecular weight is 822 g/mol. The van der Waals surface area contributed by atoms with Gasteiger partial charge in [-0.15, -0.1) is 0 Å². The third-order valence-corrected chi connectivity index (χ3v) is 10.8. The highest BCUT2D eigenvalue weighted by Crippen LogP contribution is 2.38. The zero-order valence-corrected chi connectivity index (χ0v) is 34.2. The number of aliphatic hydroxyl groups is 2. The van der Waals surface area contributed by atoms with Crippen LogP contribution in [0.5, 0.6) is 17.2 Å². The Labute approximate surface area is 348 Å². The molecule has 1 heterocycles. The lowest BCUT2D eigenvalue weighted by molar-refractivity contribution is -0.150. The smallest absolute Gasteiger partial charge is 0.326 e. The summed E-state index contributed by atoms with van der Waals surface area (Å²) in [5.41, 5.74) is 6.09. The lowest BCUT2D eigenvalue weighted by atomic mass is 9.85. The number of aryl methyl sites for hydroxylation is 1. The van der Waals surface area contributed by atoms with E-state index in [9.17, 15) is 35.3 Å². The Morgan fingerprint density at radius 3 is 2.14 bits per heavy atom. The summed E-state index contributed by atoms with van der Waals surface area (Å²) in [4.78, 5) is 27.4. The van der Waals surface area contributed by atoms with Gasteiger partial charge in [-0.1, -0.05) is 60.1 Å². The molecule has 308 valence electrons. The van der Waals surface area contributed by atoms with Gasteiger partial charge in [0.15, 0.2) is 0 Å². The fraction of sp³-hybridized carbons (Fsp3) is 0.304. The number of nitriles is 1. The summed E-state index contributed by atoms with van der Waals surface area (Å²) < 4.78 is 18.4. The first-order chi connectivity index (χ1) is 28.2. The van der Waals surface area contributed by atoms with Crippen molar-refractivity contribution in [3.05, 3.63) is 130 Å². The lowest BCUT2D eigenvalue weighted by Crippen LogP contribution is -2.53. The Kier molecular flexibility index (Phi) is 14.7. The molecule has 0 aliphatic rings. The monoisotopic (exact) mass is 821 g/mol. The lowest BCUT2D eigenvalue weighted by Gasteiger charge is -2.23. The van der Waals surface area contributed by atoms with E-state index in [0.29, 0.717) is 39.0 Å². The number of hydrogen-bond acceptors (Lipinski definition) is 10. The van der Waals surface area contributed by atoms with Crippen molar-refractivity contribution < 1.29 is 44.2 Å². The minimum atomic E-state index is -1.44. The maximum atomic E-state index is 11.9. The largest absolute Gasteiger partial charge is 0.492 e. The van der Waals surface area contributed by atoms with Crippen molar-refractivity contribution in [3.63, 3.8) is 0 Å². The number of aromatic nitrogens is 1. The predicted molar refractivity (Wildman–Crippen MR) is 224 cm³/mol. The second-order valence-electron chi connectivity index (χ2n) is 14.8. The molecule has 13 heteroatoms. The van der Waals surface area contributed by atoms with Crippen LogP contribution in [0.2, 0.25) is 5.02 Å². The van der Waals surface area contributed by atoms with E-state index in [-0.39, 0.29) is 39.2 Å². The summed E-state index contributed by atoms with van der Waals surface area (Å²) in [6.07, 6.45) is 3.45. The Hall–Kier alpha value is -5.97. The average Bonchev–Trinajstić information content (AvgIpc) is 3.24. The maximum Gasteiger partial charge on any atom is 0.326 e. The standard InChI is InChI=1S/C46H48ClN3O9/c1-29-35(26-59-42-21-41(58-25-32-19-31(22-48)23-49-24-32)34(20-40(42)47)15-16-45(3,27-51)43(53)54)7-5-9-38(29)39-10-6-8-37(30(39)2)33-11-13-36(14-12-33)57-18-17-50-46(4,28-52)44(55)56/h5-14,19-21,23-24,50-52H,15-18,25-28H2,1-4H3,(H,53,54)(H,55,56)/t45-,46-/m1/s1. The summed E-state index contributed by atoms with van der Waals surface area (Å²) in [6.45, 7) is 6.70. The first-order valence-corrected chi connectivity index (χ1v) is 19.4. The predicted octanol–water partition coefficient (Wildman–Crippen LogP) is 7.54. The SMILES string of the molecule is Cc1c(COc2cc(OCc3cncc(C#N)c3)c(CC[C@](C)(CO)C(=O)O)cc2Cl)cccc1-c1cccc(-c2ccc(OCCN[C@](C)(CO)C(=O)O)cc2)c1C. The third-order valence-electron chi connectivity index (χ3n) is 10.5. The molecule has 0 aliphatic heterocycles. The molecular weight excluding hydrogens is 774 g/mol. The molecule has 0 spiro atoms. The minimum absolute atomic E-state index is 0.0872. The van der Waals surface area contributed by atoms with Gasteiger partial charge >= 0.3 is 11.9 Å². The number of nitrogens with one attached hydrogen (secondary N) is 1. The van der Waals surface area contributed by atoms with E-state index < -0.39 is 36.1 Å². The molecule has 5 N–H and O–H groups in total. The number of rotatable bonds is 20. The molecule has 0 aliphatic carbocycles. The normalized spacial score (nSPS) is 13.1. The van der Waals surface area contributed by atoms with Gasteiger partial charge in [-0.05, 0) is 109 Å². The van der Waals surface area contributed by atoms with Gasteiger partial charge in [-0.2, -0.15) is 5.26 Å². The van der Waals surface area contributed by atoms with Crippen molar-refractivity contribution in [2.75, 3.05) is 26.4 Å². The molecule has 1 aromatic heterocycles. The van der Waals surface area contributed by atoms with Crippen molar-refractivity contribution in [2.45, 2.75) is 59.3 Å². The number of ether oxygens (including phenoxy) is 3. The molecule has 4 aromatic carbocycles. The van der Waals surface area contributed by atoms with Crippen LogP contribution < -0.4 is 19.5 Å². The Morgan fingerprint density at radius 2 is 1.47 bits per heavy atom. The van der Waals surface area contributed by atoms with E-state index >= 15 is 0 Å². The molecule has 5 aromatic rings. The zero-order chi connectivity index (χ0) is 42.7. The Balaban J connectivity index is 1.33. The highest BCUT2D eigenvalue weighted by molar-refractivity contribution is 6.32. The molecule has 0 saturated carbocycles. The van der Waals surface area contributed by atoms with Crippen LogP contribution in [0, 0.1) is 30.6 Å².